The molecule has 0 spiro atoms. The van der Waals surface area contributed by atoms with Gasteiger partial charge in [-0.25, -0.2) is 0 Å². The normalized spacial score (nSPS) is 22.0. The maximum atomic E-state index is 13.6. The van der Waals surface area contributed by atoms with Gasteiger partial charge in [-0.3, -0.25) is 4.79 Å². The molecule has 0 atom stereocenters. The number of hydrogen-bond donors (Lipinski definition) is 1. The standard InChI is InChI=1S/C23H25ClF3NO2/c24-20-6-3-5-19(23(25,26)27)18(20)12-15-13-28(21-7-2-1-4-17(15)21)16-10-8-14(9-11-16)22(29)30/h3,5-6,13-14,16H,1-2,4,7-12H2,(H,29,30). The fraction of sp³-hybridized carbons (Fsp3) is 0.522. The third-order valence-corrected chi connectivity index (χ3v) is 7.02. The smallest absolute Gasteiger partial charge is 0.416 e. The lowest BCUT2D eigenvalue weighted by atomic mass is 9.85. The summed E-state index contributed by atoms with van der Waals surface area (Å²) in [5, 5.41) is 9.40. The van der Waals surface area contributed by atoms with Crippen LogP contribution in [0.1, 0.15) is 72.5 Å². The maximum Gasteiger partial charge on any atom is 0.416 e. The summed E-state index contributed by atoms with van der Waals surface area (Å²) in [6.07, 6.45) is 4.49. The van der Waals surface area contributed by atoms with Crippen molar-refractivity contribution >= 4 is 17.6 Å². The molecule has 2 aliphatic rings. The van der Waals surface area contributed by atoms with E-state index in [9.17, 15) is 23.1 Å². The first-order valence-corrected chi connectivity index (χ1v) is 10.9. The molecule has 2 aliphatic carbocycles. The van der Waals surface area contributed by atoms with Crippen LogP contribution in [0.15, 0.2) is 24.4 Å². The molecule has 1 saturated carbocycles. The summed E-state index contributed by atoms with van der Waals surface area (Å²) in [6.45, 7) is 0. The van der Waals surface area contributed by atoms with Crippen LogP contribution in [-0.4, -0.2) is 15.6 Å². The average molecular weight is 440 g/mol. The molecule has 2 aromatic rings. The van der Waals surface area contributed by atoms with E-state index in [1.807, 2.05) is 6.20 Å². The highest BCUT2D eigenvalue weighted by Gasteiger charge is 2.35. The Bertz CT molecular complexity index is 943. The molecular weight excluding hydrogens is 415 g/mol. The zero-order valence-corrected chi connectivity index (χ0v) is 17.4. The van der Waals surface area contributed by atoms with Crippen molar-refractivity contribution in [2.45, 2.75) is 70.0 Å². The minimum absolute atomic E-state index is 0.131. The number of carbonyl (C=O) groups is 1. The van der Waals surface area contributed by atoms with Gasteiger partial charge in [0.25, 0.3) is 0 Å². The Kier molecular flexibility index (Phi) is 5.88. The number of carboxylic acid groups (broad SMARTS) is 1. The summed E-state index contributed by atoms with van der Waals surface area (Å²) in [6, 6.07) is 4.17. The van der Waals surface area contributed by atoms with Crippen LogP contribution in [-0.2, 0) is 30.2 Å². The van der Waals surface area contributed by atoms with Gasteiger partial charge in [0.05, 0.1) is 11.5 Å². The third kappa shape index (κ3) is 4.11. The number of fused-ring (bicyclic) bond motifs is 1. The van der Waals surface area contributed by atoms with Crippen molar-refractivity contribution in [2.75, 3.05) is 0 Å². The van der Waals surface area contributed by atoms with E-state index in [1.165, 1.54) is 17.8 Å². The average Bonchev–Trinajstić information content (AvgIpc) is 3.07. The predicted molar refractivity (Wildman–Crippen MR) is 109 cm³/mol. The molecule has 1 fully saturated rings. The second kappa shape index (κ2) is 8.29. The number of benzene rings is 1. The van der Waals surface area contributed by atoms with Crippen molar-refractivity contribution in [2.24, 2.45) is 5.92 Å². The Morgan fingerprint density at radius 3 is 2.50 bits per heavy atom. The SMILES string of the molecule is O=C(O)C1CCC(n2cc(Cc3c(Cl)cccc3C(F)(F)F)c3c2CCCC3)CC1. The quantitative estimate of drug-likeness (QED) is 0.595. The van der Waals surface area contributed by atoms with Gasteiger partial charge in [0, 0.05) is 29.4 Å². The molecule has 1 aromatic carbocycles. The zero-order chi connectivity index (χ0) is 21.5. The summed E-state index contributed by atoms with van der Waals surface area (Å²) in [7, 11) is 0. The van der Waals surface area contributed by atoms with E-state index in [2.05, 4.69) is 4.57 Å². The van der Waals surface area contributed by atoms with Crippen molar-refractivity contribution in [1.29, 1.82) is 0 Å². The lowest BCUT2D eigenvalue weighted by Crippen LogP contribution is -2.24. The lowest BCUT2D eigenvalue weighted by Gasteiger charge is -2.29. The Hall–Kier alpha value is -1.95. The van der Waals surface area contributed by atoms with Crippen LogP contribution < -0.4 is 0 Å². The van der Waals surface area contributed by atoms with E-state index in [1.54, 1.807) is 0 Å². The van der Waals surface area contributed by atoms with Gasteiger partial charge in [0.2, 0.25) is 0 Å². The van der Waals surface area contributed by atoms with E-state index < -0.39 is 17.7 Å². The number of alkyl halides is 3. The highest BCUT2D eigenvalue weighted by atomic mass is 35.5. The summed E-state index contributed by atoms with van der Waals surface area (Å²) < 4.78 is 42.9. The van der Waals surface area contributed by atoms with Gasteiger partial charge in [-0.2, -0.15) is 13.2 Å². The molecule has 30 heavy (non-hydrogen) atoms. The number of aliphatic carboxylic acids is 1. The minimum atomic E-state index is -4.45. The summed E-state index contributed by atoms with van der Waals surface area (Å²) in [4.78, 5) is 11.3. The highest BCUT2D eigenvalue weighted by molar-refractivity contribution is 6.31. The Labute approximate surface area is 178 Å². The monoisotopic (exact) mass is 439 g/mol. The highest BCUT2D eigenvalue weighted by Crippen LogP contribution is 2.40. The molecular formula is C23H25ClF3NO2. The van der Waals surface area contributed by atoms with E-state index in [4.69, 9.17) is 11.6 Å². The number of halogens is 4. The summed E-state index contributed by atoms with van der Waals surface area (Å²) in [5.74, 6) is -1.02. The fourth-order valence-corrected chi connectivity index (χ4v) is 5.36. The van der Waals surface area contributed by atoms with E-state index in [0.29, 0.717) is 12.8 Å². The van der Waals surface area contributed by atoms with Crippen LogP contribution in [0.25, 0.3) is 0 Å². The van der Waals surface area contributed by atoms with Gasteiger partial charge in [0.15, 0.2) is 0 Å². The van der Waals surface area contributed by atoms with Crippen LogP contribution in [0.3, 0.4) is 0 Å². The molecule has 0 radical (unpaired) electrons. The van der Waals surface area contributed by atoms with Gasteiger partial charge in [-0.15, -0.1) is 0 Å². The zero-order valence-electron chi connectivity index (χ0n) is 16.6. The van der Waals surface area contributed by atoms with Crippen LogP contribution in [0, 0.1) is 5.92 Å². The van der Waals surface area contributed by atoms with Crippen LogP contribution in [0.4, 0.5) is 13.2 Å². The van der Waals surface area contributed by atoms with Gasteiger partial charge in [-0.05, 0) is 80.2 Å². The number of rotatable bonds is 4. The van der Waals surface area contributed by atoms with Gasteiger partial charge < -0.3 is 9.67 Å². The molecule has 0 amide bonds. The fourth-order valence-electron chi connectivity index (χ4n) is 5.12. The molecule has 0 bridgehead atoms. The molecule has 4 rings (SSSR count). The molecule has 1 aromatic heterocycles. The third-order valence-electron chi connectivity index (χ3n) is 6.66. The molecule has 7 heteroatoms. The second-order valence-electron chi connectivity index (χ2n) is 8.48. The molecule has 3 nitrogen and oxygen atoms in total. The topological polar surface area (TPSA) is 42.2 Å². The van der Waals surface area contributed by atoms with Crippen molar-refractivity contribution in [3.63, 3.8) is 0 Å². The van der Waals surface area contributed by atoms with Gasteiger partial charge >= 0.3 is 12.1 Å². The number of carboxylic acids is 1. The minimum Gasteiger partial charge on any atom is -0.481 e. The first-order valence-electron chi connectivity index (χ1n) is 10.5. The Balaban J connectivity index is 1.67. The van der Waals surface area contributed by atoms with E-state index >= 15 is 0 Å². The lowest BCUT2D eigenvalue weighted by molar-refractivity contribution is -0.143. The number of hydrogen-bond acceptors (Lipinski definition) is 1. The van der Waals surface area contributed by atoms with Gasteiger partial charge in [0.1, 0.15) is 0 Å². The van der Waals surface area contributed by atoms with Crippen molar-refractivity contribution < 1.29 is 23.1 Å². The largest absolute Gasteiger partial charge is 0.481 e. The predicted octanol–water partition coefficient (Wildman–Crippen LogP) is 6.45. The number of nitrogens with zero attached hydrogens (tertiary/aromatic N) is 1. The summed E-state index contributed by atoms with van der Waals surface area (Å²) >= 11 is 6.21. The second-order valence-corrected chi connectivity index (χ2v) is 8.89. The maximum absolute atomic E-state index is 13.6. The molecule has 162 valence electrons. The molecule has 0 aliphatic heterocycles. The molecule has 1 heterocycles. The van der Waals surface area contributed by atoms with Crippen LogP contribution >= 0.6 is 11.6 Å². The molecule has 0 unspecified atom stereocenters. The first-order chi connectivity index (χ1) is 14.3. The summed E-state index contributed by atoms with van der Waals surface area (Å²) in [5.41, 5.74) is 2.76. The van der Waals surface area contributed by atoms with Crippen molar-refractivity contribution in [3.8, 4) is 0 Å². The Morgan fingerprint density at radius 1 is 1.13 bits per heavy atom. The number of aromatic nitrogens is 1. The first kappa shape index (κ1) is 21.3. The van der Waals surface area contributed by atoms with Crippen molar-refractivity contribution in [3.05, 3.63) is 57.4 Å². The molecule has 1 N–H and O–H groups in total. The van der Waals surface area contributed by atoms with Crippen LogP contribution in [0.2, 0.25) is 5.02 Å². The Morgan fingerprint density at radius 2 is 1.83 bits per heavy atom. The molecule has 0 saturated heterocycles. The van der Waals surface area contributed by atoms with E-state index in [-0.39, 0.29) is 29.0 Å². The van der Waals surface area contributed by atoms with E-state index in [0.717, 1.165) is 55.7 Å². The van der Waals surface area contributed by atoms with Crippen molar-refractivity contribution in [1.82, 2.24) is 4.57 Å². The van der Waals surface area contributed by atoms with Crippen LogP contribution in [0.5, 0.6) is 0 Å². The van der Waals surface area contributed by atoms with Gasteiger partial charge in [-0.1, -0.05) is 17.7 Å².